The van der Waals surface area contributed by atoms with Crippen molar-refractivity contribution in [1.82, 2.24) is 5.32 Å². The van der Waals surface area contributed by atoms with Gasteiger partial charge in [-0.25, -0.2) is 0 Å². The van der Waals surface area contributed by atoms with E-state index < -0.39 is 0 Å². The van der Waals surface area contributed by atoms with Crippen molar-refractivity contribution in [2.75, 3.05) is 25.1 Å². The van der Waals surface area contributed by atoms with Crippen LogP contribution in [0.15, 0.2) is 24.3 Å². The fourth-order valence-electron chi connectivity index (χ4n) is 2.18. The highest BCUT2D eigenvalue weighted by molar-refractivity contribution is 5.92. The molecule has 0 bridgehead atoms. The number of hydrogen-bond donors (Lipinski definition) is 2. The van der Waals surface area contributed by atoms with Crippen LogP contribution in [0.25, 0.3) is 0 Å². The summed E-state index contributed by atoms with van der Waals surface area (Å²) in [7, 11) is 0. The van der Waals surface area contributed by atoms with E-state index in [1.54, 1.807) is 0 Å². The van der Waals surface area contributed by atoms with Crippen LogP contribution in [0, 0.1) is 5.92 Å². The monoisotopic (exact) mass is 262 g/mol. The van der Waals surface area contributed by atoms with Gasteiger partial charge in [-0.1, -0.05) is 19.1 Å². The zero-order valence-corrected chi connectivity index (χ0v) is 11.4. The number of carbonyl (C=O) groups excluding carboxylic acids is 1. The summed E-state index contributed by atoms with van der Waals surface area (Å²) in [4.78, 5) is 12.0. The normalized spacial score (nSPS) is 16.3. The smallest absolute Gasteiger partial charge is 0.227 e. The first-order chi connectivity index (χ1) is 9.29. The van der Waals surface area contributed by atoms with Crippen molar-refractivity contribution in [3.8, 4) is 0 Å². The van der Waals surface area contributed by atoms with Gasteiger partial charge in [0, 0.05) is 31.4 Å². The Morgan fingerprint density at radius 1 is 1.26 bits per heavy atom. The summed E-state index contributed by atoms with van der Waals surface area (Å²) in [6.07, 6.45) is 1.65. The standard InChI is InChI=1S/C15H22N2O2/c1-2-16-11-12-3-5-14(6-4-12)17-15(18)13-7-9-19-10-8-13/h3-6,13,16H,2,7-11H2,1H3,(H,17,18). The molecule has 1 aliphatic rings. The predicted octanol–water partition coefficient (Wildman–Crippen LogP) is 2.16. The van der Waals surface area contributed by atoms with Crippen LogP contribution in [0.4, 0.5) is 5.69 Å². The fraction of sp³-hybridized carbons (Fsp3) is 0.533. The topological polar surface area (TPSA) is 50.4 Å². The van der Waals surface area contributed by atoms with Crippen molar-refractivity contribution < 1.29 is 9.53 Å². The quantitative estimate of drug-likeness (QED) is 0.855. The lowest BCUT2D eigenvalue weighted by Crippen LogP contribution is -2.28. The summed E-state index contributed by atoms with van der Waals surface area (Å²) in [5.41, 5.74) is 2.10. The van der Waals surface area contributed by atoms with E-state index in [-0.39, 0.29) is 11.8 Å². The molecular weight excluding hydrogens is 240 g/mol. The summed E-state index contributed by atoms with van der Waals surface area (Å²) in [6, 6.07) is 8.01. The van der Waals surface area contributed by atoms with Gasteiger partial charge in [0.05, 0.1) is 0 Å². The summed E-state index contributed by atoms with van der Waals surface area (Å²) >= 11 is 0. The van der Waals surface area contributed by atoms with Gasteiger partial charge in [0.1, 0.15) is 0 Å². The van der Waals surface area contributed by atoms with E-state index in [0.29, 0.717) is 13.2 Å². The van der Waals surface area contributed by atoms with E-state index in [1.807, 2.05) is 24.3 Å². The molecule has 4 heteroatoms. The Labute approximate surface area is 114 Å². The molecule has 1 amide bonds. The molecule has 1 saturated heterocycles. The maximum absolute atomic E-state index is 12.0. The molecule has 1 heterocycles. The summed E-state index contributed by atoms with van der Waals surface area (Å²) < 4.78 is 5.27. The molecule has 0 atom stereocenters. The van der Waals surface area contributed by atoms with Gasteiger partial charge in [0.15, 0.2) is 0 Å². The lowest BCUT2D eigenvalue weighted by molar-refractivity contribution is -0.122. The van der Waals surface area contributed by atoms with Gasteiger partial charge in [0.25, 0.3) is 0 Å². The molecule has 0 spiro atoms. The first-order valence-corrected chi connectivity index (χ1v) is 6.98. The minimum Gasteiger partial charge on any atom is -0.381 e. The minimum atomic E-state index is 0.0928. The second-order valence-corrected chi connectivity index (χ2v) is 4.85. The van der Waals surface area contributed by atoms with Crippen LogP contribution in [0.2, 0.25) is 0 Å². The van der Waals surface area contributed by atoms with E-state index in [1.165, 1.54) is 5.56 Å². The molecule has 0 saturated carbocycles. The largest absolute Gasteiger partial charge is 0.381 e. The van der Waals surface area contributed by atoms with Gasteiger partial charge in [-0.3, -0.25) is 4.79 Å². The second kappa shape index (κ2) is 7.26. The molecule has 0 unspecified atom stereocenters. The average Bonchev–Trinajstić information content (AvgIpc) is 2.47. The lowest BCUT2D eigenvalue weighted by Gasteiger charge is -2.21. The molecule has 4 nitrogen and oxygen atoms in total. The van der Waals surface area contributed by atoms with Gasteiger partial charge in [-0.15, -0.1) is 0 Å². The van der Waals surface area contributed by atoms with E-state index in [2.05, 4.69) is 17.6 Å². The Morgan fingerprint density at radius 3 is 2.58 bits per heavy atom. The fourth-order valence-corrected chi connectivity index (χ4v) is 2.18. The first-order valence-electron chi connectivity index (χ1n) is 6.98. The number of carbonyl (C=O) groups is 1. The second-order valence-electron chi connectivity index (χ2n) is 4.85. The van der Waals surface area contributed by atoms with E-state index in [0.717, 1.165) is 31.6 Å². The van der Waals surface area contributed by atoms with E-state index in [4.69, 9.17) is 4.74 Å². The first kappa shape index (κ1) is 14.0. The minimum absolute atomic E-state index is 0.0928. The number of rotatable bonds is 5. The molecule has 1 aliphatic heterocycles. The van der Waals surface area contributed by atoms with Gasteiger partial charge in [-0.05, 0) is 37.1 Å². The number of nitrogens with one attached hydrogen (secondary N) is 2. The Hall–Kier alpha value is -1.39. The molecule has 1 fully saturated rings. The highest BCUT2D eigenvalue weighted by Crippen LogP contribution is 2.18. The van der Waals surface area contributed by atoms with Crippen molar-refractivity contribution in [2.45, 2.75) is 26.3 Å². The van der Waals surface area contributed by atoms with Gasteiger partial charge in [-0.2, -0.15) is 0 Å². The van der Waals surface area contributed by atoms with Crippen LogP contribution in [-0.4, -0.2) is 25.7 Å². The van der Waals surface area contributed by atoms with Crippen molar-refractivity contribution in [3.63, 3.8) is 0 Å². The molecule has 104 valence electrons. The van der Waals surface area contributed by atoms with Gasteiger partial charge >= 0.3 is 0 Å². The van der Waals surface area contributed by atoms with Crippen LogP contribution in [-0.2, 0) is 16.1 Å². The van der Waals surface area contributed by atoms with Crippen LogP contribution in [0.1, 0.15) is 25.3 Å². The molecule has 0 aromatic heterocycles. The molecule has 1 aromatic rings. The lowest BCUT2D eigenvalue weighted by atomic mass is 9.99. The molecular formula is C15H22N2O2. The van der Waals surface area contributed by atoms with Crippen LogP contribution >= 0.6 is 0 Å². The van der Waals surface area contributed by atoms with Crippen molar-refractivity contribution in [2.24, 2.45) is 5.92 Å². The third-order valence-electron chi connectivity index (χ3n) is 3.39. The highest BCUT2D eigenvalue weighted by atomic mass is 16.5. The number of amides is 1. The third kappa shape index (κ3) is 4.33. The van der Waals surface area contributed by atoms with E-state index in [9.17, 15) is 4.79 Å². The molecule has 19 heavy (non-hydrogen) atoms. The molecule has 0 aliphatic carbocycles. The van der Waals surface area contributed by atoms with E-state index >= 15 is 0 Å². The third-order valence-corrected chi connectivity index (χ3v) is 3.39. The summed E-state index contributed by atoms with van der Waals surface area (Å²) in [5, 5.41) is 6.26. The van der Waals surface area contributed by atoms with Crippen molar-refractivity contribution >= 4 is 11.6 Å². The van der Waals surface area contributed by atoms with Gasteiger partial charge in [0.2, 0.25) is 5.91 Å². The zero-order chi connectivity index (χ0) is 13.5. The number of anilines is 1. The number of benzene rings is 1. The van der Waals surface area contributed by atoms with Gasteiger partial charge < -0.3 is 15.4 Å². The summed E-state index contributed by atoms with van der Waals surface area (Å²) in [5.74, 6) is 0.206. The predicted molar refractivity (Wildman–Crippen MR) is 76.0 cm³/mol. The van der Waals surface area contributed by atoms with Crippen molar-refractivity contribution in [3.05, 3.63) is 29.8 Å². The highest BCUT2D eigenvalue weighted by Gasteiger charge is 2.21. The maximum atomic E-state index is 12.0. The van der Waals surface area contributed by atoms with Crippen LogP contribution < -0.4 is 10.6 Å². The average molecular weight is 262 g/mol. The molecule has 2 N–H and O–H groups in total. The maximum Gasteiger partial charge on any atom is 0.227 e. The molecule has 2 rings (SSSR count). The Kier molecular flexibility index (Phi) is 5.36. The molecule has 0 radical (unpaired) electrons. The Morgan fingerprint density at radius 2 is 1.95 bits per heavy atom. The Bertz CT molecular complexity index is 397. The zero-order valence-electron chi connectivity index (χ0n) is 11.4. The van der Waals surface area contributed by atoms with Crippen LogP contribution in [0.3, 0.4) is 0 Å². The SMILES string of the molecule is CCNCc1ccc(NC(=O)C2CCOCC2)cc1. The number of ether oxygens (including phenoxy) is 1. The van der Waals surface area contributed by atoms with Crippen LogP contribution in [0.5, 0.6) is 0 Å². The summed E-state index contributed by atoms with van der Waals surface area (Å²) in [6.45, 7) is 5.30. The Balaban J connectivity index is 1.86. The molecule has 1 aromatic carbocycles. The number of hydrogen-bond acceptors (Lipinski definition) is 3. The van der Waals surface area contributed by atoms with Crippen molar-refractivity contribution in [1.29, 1.82) is 0 Å².